The van der Waals surface area contributed by atoms with Gasteiger partial charge in [0.25, 0.3) is 0 Å². The number of benzene rings is 1. The third-order valence-electron chi connectivity index (χ3n) is 7.03. The third kappa shape index (κ3) is 4.26. The molecule has 0 saturated carbocycles. The highest BCUT2D eigenvalue weighted by atomic mass is 16.5. The van der Waals surface area contributed by atoms with Crippen LogP contribution in [-0.2, 0) is 9.47 Å². The van der Waals surface area contributed by atoms with Crippen molar-refractivity contribution >= 4 is 22.3 Å². The van der Waals surface area contributed by atoms with Crippen LogP contribution in [0, 0.1) is 0 Å². The Morgan fingerprint density at radius 3 is 2.41 bits per heavy atom. The topological polar surface area (TPSA) is 71.2 Å². The van der Waals surface area contributed by atoms with Crippen LogP contribution in [0.5, 0.6) is 5.88 Å². The van der Waals surface area contributed by atoms with Crippen LogP contribution in [0.4, 0.5) is 5.69 Å². The summed E-state index contributed by atoms with van der Waals surface area (Å²) in [4.78, 5) is 7.47. The van der Waals surface area contributed by atoms with Crippen LogP contribution >= 0.6 is 0 Å². The van der Waals surface area contributed by atoms with Crippen molar-refractivity contribution in [3.8, 4) is 5.88 Å². The molecule has 7 nitrogen and oxygen atoms in total. The lowest BCUT2D eigenvalue weighted by Gasteiger charge is -2.36. The first kappa shape index (κ1) is 21.7. The highest BCUT2D eigenvalue weighted by Gasteiger charge is 2.31. The van der Waals surface area contributed by atoms with E-state index in [4.69, 9.17) is 14.5 Å². The number of rotatable bonds is 5. The number of aromatic hydroxyl groups is 1. The predicted octanol–water partition coefficient (Wildman–Crippen LogP) is 3.80. The molecule has 3 aliphatic rings. The van der Waals surface area contributed by atoms with Gasteiger partial charge in [-0.2, -0.15) is 0 Å². The second-order valence-electron chi connectivity index (χ2n) is 9.59. The normalized spacial score (nSPS) is 21.9. The van der Waals surface area contributed by atoms with E-state index in [1.807, 2.05) is 0 Å². The molecule has 2 saturated heterocycles. The summed E-state index contributed by atoms with van der Waals surface area (Å²) in [6.45, 7) is 9.99. The van der Waals surface area contributed by atoms with E-state index in [0.29, 0.717) is 18.0 Å². The van der Waals surface area contributed by atoms with Gasteiger partial charge in [-0.15, -0.1) is 0 Å². The van der Waals surface area contributed by atoms with Gasteiger partial charge >= 0.3 is 0 Å². The standard InChI is InChI=1S/C25H36N4O3/c1-17(2)27-18-3-4-23-21(15-18)24(25(30)29(23)20-7-13-32-14-8-20)22-16-28(10-9-26-22)19-5-11-31-12-6-19/h3-4,15,17,19-20,27,30H,5-14,16H2,1-2H3. The van der Waals surface area contributed by atoms with Crippen molar-refractivity contribution in [1.29, 1.82) is 0 Å². The zero-order valence-electron chi connectivity index (χ0n) is 19.3. The van der Waals surface area contributed by atoms with Crippen LogP contribution in [0.1, 0.15) is 51.1 Å². The first-order valence-electron chi connectivity index (χ1n) is 12.2. The first-order chi connectivity index (χ1) is 15.6. The van der Waals surface area contributed by atoms with Gasteiger partial charge in [-0.25, -0.2) is 0 Å². The highest BCUT2D eigenvalue weighted by Crippen LogP contribution is 2.39. The number of ether oxygens (including phenoxy) is 2. The second-order valence-corrected chi connectivity index (χ2v) is 9.59. The molecule has 0 amide bonds. The quantitative estimate of drug-likeness (QED) is 0.740. The van der Waals surface area contributed by atoms with Crippen molar-refractivity contribution in [2.24, 2.45) is 4.99 Å². The number of nitrogens with one attached hydrogen (secondary N) is 1. The first-order valence-corrected chi connectivity index (χ1v) is 12.2. The summed E-state index contributed by atoms with van der Waals surface area (Å²) in [6.07, 6.45) is 3.99. The molecule has 7 heteroatoms. The number of aliphatic imine (C=N–C) groups is 1. The molecule has 2 N–H and O–H groups in total. The van der Waals surface area contributed by atoms with Crippen LogP contribution in [0.2, 0.25) is 0 Å². The third-order valence-corrected chi connectivity index (χ3v) is 7.03. The molecular formula is C25H36N4O3. The smallest absolute Gasteiger partial charge is 0.201 e. The van der Waals surface area contributed by atoms with Crippen molar-refractivity contribution in [2.45, 2.75) is 57.7 Å². The lowest BCUT2D eigenvalue weighted by molar-refractivity contribution is 0.0393. The van der Waals surface area contributed by atoms with Crippen LogP contribution in [-0.4, -0.2) is 78.4 Å². The van der Waals surface area contributed by atoms with Gasteiger partial charge < -0.3 is 24.5 Å². The lowest BCUT2D eigenvalue weighted by Crippen LogP contribution is -2.46. The molecule has 1 aromatic heterocycles. The van der Waals surface area contributed by atoms with Crippen LogP contribution in [0.3, 0.4) is 0 Å². The molecule has 0 bridgehead atoms. The summed E-state index contributed by atoms with van der Waals surface area (Å²) in [5, 5.41) is 16.2. The summed E-state index contributed by atoms with van der Waals surface area (Å²) in [6, 6.07) is 7.60. The van der Waals surface area contributed by atoms with Crippen molar-refractivity contribution in [1.82, 2.24) is 9.47 Å². The van der Waals surface area contributed by atoms with Crippen molar-refractivity contribution < 1.29 is 14.6 Å². The molecule has 2 fully saturated rings. The van der Waals surface area contributed by atoms with E-state index in [-0.39, 0.29) is 6.04 Å². The van der Waals surface area contributed by atoms with E-state index >= 15 is 0 Å². The monoisotopic (exact) mass is 440 g/mol. The SMILES string of the molecule is CC(C)Nc1ccc2c(c1)c(C1=NCCN(C3CCOCC3)C1)c(O)n2C1CCOCC1. The zero-order chi connectivity index (χ0) is 22.1. The van der Waals surface area contributed by atoms with E-state index in [0.717, 1.165) is 99.6 Å². The molecular weight excluding hydrogens is 404 g/mol. The number of anilines is 1. The molecule has 3 aliphatic heterocycles. The van der Waals surface area contributed by atoms with Gasteiger partial charge in [0, 0.05) is 68.7 Å². The molecule has 0 spiro atoms. The van der Waals surface area contributed by atoms with Gasteiger partial charge in [0.05, 0.1) is 23.3 Å². The minimum atomic E-state index is 0.250. The van der Waals surface area contributed by atoms with Gasteiger partial charge in [0.1, 0.15) is 0 Å². The maximum Gasteiger partial charge on any atom is 0.201 e. The van der Waals surface area contributed by atoms with E-state index < -0.39 is 0 Å². The number of hydrogen-bond donors (Lipinski definition) is 2. The van der Waals surface area contributed by atoms with E-state index in [1.165, 1.54) is 0 Å². The van der Waals surface area contributed by atoms with Gasteiger partial charge in [0.15, 0.2) is 0 Å². The Labute approximate surface area is 190 Å². The van der Waals surface area contributed by atoms with E-state index in [1.54, 1.807) is 0 Å². The molecule has 1 aromatic carbocycles. The maximum absolute atomic E-state index is 11.6. The highest BCUT2D eigenvalue weighted by molar-refractivity contribution is 6.15. The number of nitrogens with zero attached hydrogens (tertiary/aromatic N) is 3. The molecule has 0 aliphatic carbocycles. The average Bonchev–Trinajstić information content (AvgIpc) is 3.11. The largest absolute Gasteiger partial charge is 0.494 e. The van der Waals surface area contributed by atoms with Crippen molar-refractivity contribution in [3.63, 3.8) is 0 Å². The fraction of sp³-hybridized carbons (Fsp3) is 0.640. The minimum absolute atomic E-state index is 0.250. The van der Waals surface area contributed by atoms with Gasteiger partial charge in [-0.1, -0.05) is 0 Å². The van der Waals surface area contributed by atoms with Gasteiger partial charge in [-0.3, -0.25) is 9.89 Å². The molecule has 32 heavy (non-hydrogen) atoms. The van der Waals surface area contributed by atoms with E-state index in [2.05, 4.69) is 46.8 Å². The van der Waals surface area contributed by atoms with Crippen LogP contribution in [0.15, 0.2) is 23.2 Å². The Kier molecular flexibility index (Phi) is 6.40. The maximum atomic E-state index is 11.6. The molecule has 174 valence electrons. The second kappa shape index (κ2) is 9.41. The zero-order valence-corrected chi connectivity index (χ0v) is 19.3. The summed E-state index contributed by atoms with van der Waals surface area (Å²) in [7, 11) is 0. The van der Waals surface area contributed by atoms with Crippen LogP contribution in [0.25, 0.3) is 10.9 Å². The Hall–Kier alpha value is -2.09. The molecule has 2 aromatic rings. The molecule has 0 unspecified atom stereocenters. The summed E-state index contributed by atoms with van der Waals surface area (Å²) < 4.78 is 13.3. The van der Waals surface area contributed by atoms with Gasteiger partial charge in [-0.05, 0) is 57.7 Å². The molecule has 0 radical (unpaired) electrons. The lowest BCUT2D eigenvalue weighted by atomic mass is 10.0. The van der Waals surface area contributed by atoms with Crippen molar-refractivity contribution in [2.75, 3.05) is 51.4 Å². The number of aromatic nitrogens is 1. The van der Waals surface area contributed by atoms with Crippen LogP contribution < -0.4 is 5.32 Å². The Bertz CT molecular complexity index is 971. The number of hydrogen-bond acceptors (Lipinski definition) is 6. The number of fused-ring (bicyclic) bond motifs is 1. The summed E-state index contributed by atoms with van der Waals surface area (Å²) >= 11 is 0. The van der Waals surface area contributed by atoms with Gasteiger partial charge in [0.2, 0.25) is 5.88 Å². The fourth-order valence-electron chi connectivity index (χ4n) is 5.48. The molecule has 0 atom stereocenters. The molecule has 4 heterocycles. The van der Waals surface area contributed by atoms with E-state index in [9.17, 15) is 5.11 Å². The fourth-order valence-corrected chi connectivity index (χ4v) is 5.48. The predicted molar refractivity (Wildman–Crippen MR) is 128 cm³/mol. The Morgan fingerprint density at radius 2 is 1.72 bits per heavy atom. The Morgan fingerprint density at radius 1 is 1.03 bits per heavy atom. The minimum Gasteiger partial charge on any atom is -0.494 e. The molecule has 5 rings (SSSR count). The average molecular weight is 441 g/mol. The Balaban J connectivity index is 1.55. The summed E-state index contributed by atoms with van der Waals surface area (Å²) in [5.41, 5.74) is 4.09. The van der Waals surface area contributed by atoms with Crippen molar-refractivity contribution in [3.05, 3.63) is 23.8 Å². The summed E-state index contributed by atoms with van der Waals surface area (Å²) in [5.74, 6) is 0.362.